The van der Waals surface area contributed by atoms with Crippen molar-refractivity contribution < 1.29 is 10.2 Å². The summed E-state index contributed by atoms with van der Waals surface area (Å²) >= 11 is 0. The molecule has 0 saturated heterocycles. The van der Waals surface area contributed by atoms with Crippen LogP contribution in [0.3, 0.4) is 0 Å². The van der Waals surface area contributed by atoms with E-state index in [4.69, 9.17) is 0 Å². The summed E-state index contributed by atoms with van der Waals surface area (Å²) in [6, 6.07) is 0. The summed E-state index contributed by atoms with van der Waals surface area (Å²) in [6.45, 7) is 7.47. The molecule has 3 fully saturated rings. The Morgan fingerprint density at radius 2 is 1.89 bits per heavy atom. The van der Waals surface area contributed by atoms with Crippen molar-refractivity contribution in [2.24, 2.45) is 34.5 Å². The fraction of sp³-hybridized carbons (Fsp3) is 1.00. The average molecular weight is 266 g/mol. The average Bonchev–Trinajstić information content (AvgIpc) is 2.80. The van der Waals surface area contributed by atoms with E-state index in [0.29, 0.717) is 29.1 Å². The third-order valence-electron chi connectivity index (χ3n) is 7.05. The van der Waals surface area contributed by atoms with E-state index in [2.05, 4.69) is 20.8 Å². The zero-order chi connectivity index (χ0) is 13.8. The fourth-order valence-electron chi connectivity index (χ4n) is 6.51. The fourth-order valence-corrected chi connectivity index (χ4v) is 6.51. The maximum absolute atomic E-state index is 10.6. The number of rotatable bonds is 3. The zero-order valence-corrected chi connectivity index (χ0v) is 12.7. The first-order chi connectivity index (χ1) is 8.92. The van der Waals surface area contributed by atoms with Crippen LogP contribution in [0.2, 0.25) is 0 Å². The minimum Gasteiger partial charge on any atom is -0.396 e. The van der Waals surface area contributed by atoms with Crippen molar-refractivity contribution in [1.29, 1.82) is 0 Å². The van der Waals surface area contributed by atoms with E-state index in [9.17, 15) is 10.2 Å². The van der Waals surface area contributed by atoms with Gasteiger partial charge in [-0.25, -0.2) is 0 Å². The first-order valence-electron chi connectivity index (χ1n) is 8.21. The van der Waals surface area contributed by atoms with Crippen LogP contribution in [-0.4, -0.2) is 22.9 Å². The highest BCUT2D eigenvalue weighted by Gasteiger charge is 2.65. The maximum Gasteiger partial charge on any atom is 0.0598 e. The van der Waals surface area contributed by atoms with Crippen LogP contribution in [0.5, 0.6) is 0 Å². The van der Waals surface area contributed by atoms with Gasteiger partial charge in [0.15, 0.2) is 0 Å². The van der Waals surface area contributed by atoms with Gasteiger partial charge in [-0.15, -0.1) is 0 Å². The first kappa shape index (κ1) is 13.9. The topological polar surface area (TPSA) is 40.5 Å². The molecule has 0 unspecified atom stereocenters. The molecule has 0 radical (unpaired) electrons. The van der Waals surface area contributed by atoms with Gasteiger partial charge in [-0.1, -0.05) is 27.2 Å². The lowest BCUT2D eigenvalue weighted by Crippen LogP contribution is -2.41. The molecule has 2 N–H and O–H groups in total. The molecule has 6 atom stereocenters. The van der Waals surface area contributed by atoms with Crippen molar-refractivity contribution >= 4 is 0 Å². The van der Waals surface area contributed by atoms with Gasteiger partial charge < -0.3 is 10.2 Å². The number of aliphatic hydroxyl groups is 2. The Morgan fingerprint density at radius 1 is 1.16 bits per heavy atom. The molecule has 3 aliphatic rings. The SMILES string of the molecule is CC1(C)CCC[C@]2(C)[C@@H]([C@@H](O)CCO)[C@H]3CC[C@@H]2[C@@H]31. The van der Waals surface area contributed by atoms with Gasteiger partial charge in [0, 0.05) is 6.61 Å². The Bertz CT molecular complexity index is 351. The molecule has 3 rings (SSSR count). The van der Waals surface area contributed by atoms with Gasteiger partial charge in [-0.3, -0.25) is 0 Å². The molecule has 3 aliphatic carbocycles. The summed E-state index contributed by atoms with van der Waals surface area (Å²) in [4.78, 5) is 0. The smallest absolute Gasteiger partial charge is 0.0598 e. The monoisotopic (exact) mass is 266 g/mol. The van der Waals surface area contributed by atoms with Crippen LogP contribution in [0.4, 0.5) is 0 Å². The van der Waals surface area contributed by atoms with E-state index >= 15 is 0 Å². The molecule has 19 heavy (non-hydrogen) atoms. The lowest BCUT2D eigenvalue weighted by Gasteiger charge is -2.44. The van der Waals surface area contributed by atoms with Crippen LogP contribution in [0.25, 0.3) is 0 Å². The molecule has 0 aromatic rings. The van der Waals surface area contributed by atoms with Crippen molar-refractivity contribution in [1.82, 2.24) is 0 Å². The van der Waals surface area contributed by atoms with Crippen LogP contribution in [0.1, 0.15) is 59.3 Å². The normalized spacial score (nSPS) is 49.1. The molecule has 2 heteroatoms. The Labute approximate surface area is 117 Å². The summed E-state index contributed by atoms with van der Waals surface area (Å²) in [7, 11) is 0. The number of aliphatic hydroxyl groups excluding tert-OH is 2. The molecule has 3 saturated carbocycles. The lowest BCUT2D eigenvalue weighted by atomic mass is 9.62. The van der Waals surface area contributed by atoms with Gasteiger partial charge in [0.25, 0.3) is 0 Å². The van der Waals surface area contributed by atoms with Crippen LogP contribution in [0, 0.1) is 34.5 Å². The lowest BCUT2D eigenvalue weighted by molar-refractivity contribution is -0.0310. The molecule has 0 amide bonds. The Morgan fingerprint density at radius 3 is 2.58 bits per heavy atom. The molecule has 0 heterocycles. The van der Waals surface area contributed by atoms with Gasteiger partial charge in [-0.05, 0) is 66.6 Å². The molecule has 0 aliphatic heterocycles. The number of hydrogen-bond acceptors (Lipinski definition) is 2. The van der Waals surface area contributed by atoms with E-state index in [1.54, 1.807) is 0 Å². The van der Waals surface area contributed by atoms with Crippen LogP contribution in [-0.2, 0) is 0 Å². The largest absolute Gasteiger partial charge is 0.396 e. The van der Waals surface area contributed by atoms with E-state index in [1.807, 2.05) is 0 Å². The maximum atomic E-state index is 10.6. The molecule has 0 aromatic carbocycles. The molecular formula is C17H30O2. The Kier molecular flexibility index (Phi) is 3.26. The Balaban J connectivity index is 1.96. The van der Waals surface area contributed by atoms with Crippen LogP contribution >= 0.6 is 0 Å². The molecular weight excluding hydrogens is 236 g/mol. The van der Waals surface area contributed by atoms with Gasteiger partial charge in [0.2, 0.25) is 0 Å². The van der Waals surface area contributed by atoms with E-state index < -0.39 is 0 Å². The van der Waals surface area contributed by atoms with Crippen molar-refractivity contribution in [3.05, 3.63) is 0 Å². The van der Waals surface area contributed by atoms with Gasteiger partial charge in [0.1, 0.15) is 0 Å². The molecule has 110 valence electrons. The minimum absolute atomic E-state index is 0.124. The highest BCUT2D eigenvalue weighted by Crippen LogP contribution is 2.71. The summed E-state index contributed by atoms with van der Waals surface area (Å²) in [5, 5.41) is 19.8. The van der Waals surface area contributed by atoms with Crippen LogP contribution < -0.4 is 0 Å². The van der Waals surface area contributed by atoms with Gasteiger partial charge >= 0.3 is 0 Å². The predicted molar refractivity (Wildman–Crippen MR) is 76.6 cm³/mol. The molecule has 0 aromatic heterocycles. The Hall–Kier alpha value is -0.0800. The zero-order valence-electron chi connectivity index (χ0n) is 12.7. The molecule has 0 spiro atoms. The van der Waals surface area contributed by atoms with E-state index in [-0.39, 0.29) is 12.7 Å². The predicted octanol–water partition coefficient (Wildman–Crippen LogP) is 3.22. The number of hydrogen-bond donors (Lipinski definition) is 2. The molecule has 4 bridgehead atoms. The highest BCUT2D eigenvalue weighted by atomic mass is 16.3. The van der Waals surface area contributed by atoms with E-state index in [1.165, 1.54) is 32.1 Å². The second kappa shape index (κ2) is 4.46. The molecule has 2 nitrogen and oxygen atoms in total. The quantitative estimate of drug-likeness (QED) is 0.823. The second-order valence-corrected chi connectivity index (χ2v) is 8.33. The third-order valence-corrected chi connectivity index (χ3v) is 7.05. The van der Waals surface area contributed by atoms with Crippen molar-refractivity contribution in [3.8, 4) is 0 Å². The van der Waals surface area contributed by atoms with E-state index in [0.717, 1.165) is 11.8 Å². The standard InChI is InChI=1S/C17H30O2/c1-16(2)8-4-9-17(3)12-6-5-11(14(12)16)15(17)13(19)7-10-18/h11-15,18-19H,4-10H2,1-3H3/t11-,12+,13-,14+,15+,17-/m0/s1. The van der Waals surface area contributed by atoms with Crippen molar-refractivity contribution in [2.45, 2.75) is 65.4 Å². The van der Waals surface area contributed by atoms with Gasteiger partial charge in [0.05, 0.1) is 6.10 Å². The second-order valence-electron chi connectivity index (χ2n) is 8.33. The summed E-state index contributed by atoms with van der Waals surface area (Å²) in [5.41, 5.74) is 0.771. The van der Waals surface area contributed by atoms with Gasteiger partial charge in [-0.2, -0.15) is 0 Å². The summed E-state index contributed by atoms with van der Waals surface area (Å²) in [5.74, 6) is 2.75. The third kappa shape index (κ3) is 1.82. The first-order valence-corrected chi connectivity index (χ1v) is 8.21. The van der Waals surface area contributed by atoms with Crippen molar-refractivity contribution in [3.63, 3.8) is 0 Å². The summed E-state index contributed by atoms with van der Waals surface area (Å²) in [6.07, 6.45) is 6.90. The summed E-state index contributed by atoms with van der Waals surface area (Å²) < 4.78 is 0. The van der Waals surface area contributed by atoms with Crippen molar-refractivity contribution in [2.75, 3.05) is 6.61 Å². The minimum atomic E-state index is -0.290. The van der Waals surface area contributed by atoms with Crippen LogP contribution in [0.15, 0.2) is 0 Å². The highest BCUT2D eigenvalue weighted by molar-refractivity contribution is 5.14.